The lowest BCUT2D eigenvalue weighted by Gasteiger charge is -2.13. The van der Waals surface area contributed by atoms with Gasteiger partial charge in [0.15, 0.2) is 5.82 Å². The average Bonchev–Trinajstić information content (AvgIpc) is 3.25. The SMILES string of the molecule is COCC(NC(=O)c1cc(=O)n(-c2ccc(Cl)cc2)[nH]1)c1nn[nH]n1. The van der Waals surface area contributed by atoms with Crippen LogP contribution in [-0.4, -0.2) is 50.0 Å². The molecule has 0 bridgehead atoms. The van der Waals surface area contributed by atoms with Gasteiger partial charge in [0.1, 0.15) is 11.7 Å². The highest BCUT2D eigenvalue weighted by molar-refractivity contribution is 6.30. The van der Waals surface area contributed by atoms with E-state index in [0.717, 1.165) is 0 Å². The summed E-state index contributed by atoms with van der Waals surface area (Å²) in [5.41, 5.74) is 0.264. The van der Waals surface area contributed by atoms with E-state index in [-0.39, 0.29) is 23.7 Å². The van der Waals surface area contributed by atoms with E-state index in [2.05, 4.69) is 31.0 Å². The molecule has 1 aromatic carbocycles. The molecule has 0 fully saturated rings. The van der Waals surface area contributed by atoms with E-state index >= 15 is 0 Å². The van der Waals surface area contributed by atoms with Crippen LogP contribution in [0.25, 0.3) is 5.69 Å². The van der Waals surface area contributed by atoms with Gasteiger partial charge < -0.3 is 10.1 Å². The zero-order valence-corrected chi connectivity index (χ0v) is 13.8. The zero-order chi connectivity index (χ0) is 17.8. The molecule has 0 saturated carbocycles. The van der Waals surface area contributed by atoms with Crippen molar-refractivity contribution in [3.8, 4) is 5.69 Å². The number of methoxy groups -OCH3 is 1. The average molecular weight is 364 g/mol. The van der Waals surface area contributed by atoms with Crippen LogP contribution >= 0.6 is 11.6 Å². The van der Waals surface area contributed by atoms with E-state index in [1.165, 1.54) is 17.9 Å². The highest BCUT2D eigenvalue weighted by atomic mass is 35.5. The van der Waals surface area contributed by atoms with Crippen molar-refractivity contribution in [2.24, 2.45) is 0 Å². The molecule has 1 amide bonds. The summed E-state index contributed by atoms with van der Waals surface area (Å²) in [6.07, 6.45) is 0. The van der Waals surface area contributed by atoms with Gasteiger partial charge in [-0.05, 0) is 24.3 Å². The molecule has 0 saturated heterocycles. The summed E-state index contributed by atoms with van der Waals surface area (Å²) >= 11 is 5.84. The van der Waals surface area contributed by atoms with Gasteiger partial charge in [-0.15, -0.1) is 10.2 Å². The molecular weight excluding hydrogens is 350 g/mol. The number of amides is 1. The minimum atomic E-state index is -0.612. The molecule has 3 aromatic rings. The lowest BCUT2D eigenvalue weighted by Crippen LogP contribution is -2.32. The number of hydrogen-bond donors (Lipinski definition) is 3. The number of benzene rings is 1. The molecule has 0 aliphatic rings. The van der Waals surface area contributed by atoms with Crippen LogP contribution in [0.2, 0.25) is 5.02 Å². The van der Waals surface area contributed by atoms with Crippen LogP contribution < -0.4 is 10.9 Å². The summed E-state index contributed by atoms with van der Waals surface area (Å²) in [7, 11) is 1.48. The van der Waals surface area contributed by atoms with Crippen molar-refractivity contribution in [3.05, 3.63) is 57.2 Å². The Morgan fingerprint density at radius 2 is 2.16 bits per heavy atom. The molecule has 0 aliphatic heterocycles. The maximum Gasteiger partial charge on any atom is 0.271 e. The highest BCUT2D eigenvalue weighted by Gasteiger charge is 2.21. The minimum absolute atomic E-state index is 0.0875. The van der Waals surface area contributed by atoms with E-state index in [4.69, 9.17) is 16.3 Å². The first kappa shape index (κ1) is 16.9. The summed E-state index contributed by atoms with van der Waals surface area (Å²) in [4.78, 5) is 24.5. The largest absolute Gasteiger partial charge is 0.382 e. The second kappa shape index (κ2) is 7.28. The second-order valence-corrected chi connectivity index (χ2v) is 5.51. The molecule has 3 N–H and O–H groups in total. The number of carbonyl (C=O) groups is 1. The van der Waals surface area contributed by atoms with Gasteiger partial charge in [0.05, 0.1) is 12.3 Å². The van der Waals surface area contributed by atoms with Crippen molar-refractivity contribution in [1.82, 2.24) is 35.7 Å². The molecule has 1 unspecified atom stereocenters. The van der Waals surface area contributed by atoms with Crippen LogP contribution in [0.4, 0.5) is 0 Å². The van der Waals surface area contributed by atoms with Gasteiger partial charge in [-0.2, -0.15) is 5.21 Å². The molecule has 25 heavy (non-hydrogen) atoms. The molecule has 2 aromatic heterocycles. The Kier molecular flexibility index (Phi) is 4.91. The van der Waals surface area contributed by atoms with Crippen molar-refractivity contribution >= 4 is 17.5 Å². The summed E-state index contributed by atoms with van der Waals surface area (Å²) in [6.45, 7) is 0.146. The van der Waals surface area contributed by atoms with Crippen LogP contribution in [0.1, 0.15) is 22.4 Å². The summed E-state index contributed by atoms with van der Waals surface area (Å²) in [5, 5.41) is 19.4. The number of rotatable bonds is 6. The van der Waals surface area contributed by atoms with Crippen LogP contribution in [0.15, 0.2) is 35.1 Å². The smallest absolute Gasteiger partial charge is 0.271 e. The molecule has 10 nitrogen and oxygen atoms in total. The van der Waals surface area contributed by atoms with Gasteiger partial charge in [0.25, 0.3) is 11.5 Å². The van der Waals surface area contributed by atoms with Crippen LogP contribution in [0, 0.1) is 0 Å². The fraction of sp³-hybridized carbons (Fsp3) is 0.214. The first-order chi connectivity index (χ1) is 12.1. The molecule has 0 spiro atoms. The molecule has 1 atom stereocenters. The maximum absolute atomic E-state index is 12.4. The van der Waals surface area contributed by atoms with E-state index in [9.17, 15) is 9.59 Å². The van der Waals surface area contributed by atoms with Gasteiger partial charge in [-0.1, -0.05) is 16.8 Å². The van der Waals surface area contributed by atoms with Crippen molar-refractivity contribution < 1.29 is 9.53 Å². The third-order valence-electron chi connectivity index (χ3n) is 3.36. The topological polar surface area (TPSA) is 131 Å². The third kappa shape index (κ3) is 3.75. The van der Waals surface area contributed by atoms with Crippen molar-refractivity contribution in [1.29, 1.82) is 0 Å². The number of tetrazole rings is 1. The number of halogens is 1. The Bertz CT molecular complexity index is 901. The number of ether oxygens (including phenoxy) is 1. The number of carbonyl (C=O) groups excluding carboxylic acids is 1. The molecule has 2 heterocycles. The molecule has 130 valence electrons. The Balaban J connectivity index is 1.82. The van der Waals surface area contributed by atoms with Gasteiger partial charge in [-0.25, -0.2) is 4.68 Å². The minimum Gasteiger partial charge on any atom is -0.382 e. The van der Waals surface area contributed by atoms with Crippen molar-refractivity contribution in [3.63, 3.8) is 0 Å². The number of aromatic nitrogens is 6. The number of nitrogens with zero attached hydrogens (tertiary/aromatic N) is 4. The molecule has 3 rings (SSSR count). The summed E-state index contributed by atoms with van der Waals surface area (Å²) in [6, 6.07) is 7.20. The van der Waals surface area contributed by atoms with Crippen LogP contribution in [-0.2, 0) is 4.74 Å². The van der Waals surface area contributed by atoms with E-state index in [1.807, 2.05) is 0 Å². The predicted molar refractivity (Wildman–Crippen MR) is 87.7 cm³/mol. The van der Waals surface area contributed by atoms with Crippen LogP contribution in [0.3, 0.4) is 0 Å². The highest BCUT2D eigenvalue weighted by Crippen LogP contribution is 2.12. The number of H-pyrrole nitrogens is 2. The Labute approximate surface area is 146 Å². The van der Waals surface area contributed by atoms with Gasteiger partial charge in [0.2, 0.25) is 0 Å². The molecular formula is C14H14ClN7O3. The summed E-state index contributed by atoms with van der Waals surface area (Å²) < 4.78 is 6.29. The Hall–Kier alpha value is -2.98. The van der Waals surface area contributed by atoms with Gasteiger partial charge in [0, 0.05) is 18.2 Å². The predicted octanol–water partition coefficient (Wildman–Crippen LogP) is 0.450. The summed E-state index contributed by atoms with van der Waals surface area (Å²) in [5.74, 6) is -0.230. The standard InChI is InChI=1S/C14H14ClN7O3/c1-25-7-11(13-17-20-21-18-13)16-14(24)10-6-12(23)22(19-10)9-4-2-8(15)3-5-9/h2-6,11,19H,7H2,1H3,(H,16,24)(H,17,18,20,21). The maximum atomic E-state index is 12.4. The van der Waals surface area contributed by atoms with Crippen molar-refractivity contribution in [2.75, 3.05) is 13.7 Å². The number of nitrogens with one attached hydrogen (secondary N) is 3. The number of hydrogen-bond acceptors (Lipinski definition) is 6. The molecule has 0 aliphatic carbocycles. The fourth-order valence-corrected chi connectivity index (χ4v) is 2.32. The van der Waals surface area contributed by atoms with Gasteiger partial charge in [-0.3, -0.25) is 14.7 Å². The normalized spacial score (nSPS) is 12.1. The van der Waals surface area contributed by atoms with Crippen molar-refractivity contribution in [2.45, 2.75) is 6.04 Å². The van der Waals surface area contributed by atoms with E-state index < -0.39 is 11.9 Å². The molecule has 11 heteroatoms. The third-order valence-corrected chi connectivity index (χ3v) is 3.61. The zero-order valence-electron chi connectivity index (χ0n) is 13.1. The molecule has 0 radical (unpaired) electrons. The first-order valence-electron chi connectivity index (χ1n) is 7.19. The van der Waals surface area contributed by atoms with Crippen LogP contribution in [0.5, 0.6) is 0 Å². The Morgan fingerprint density at radius 3 is 2.80 bits per heavy atom. The monoisotopic (exact) mass is 363 g/mol. The fourth-order valence-electron chi connectivity index (χ4n) is 2.19. The van der Waals surface area contributed by atoms with E-state index in [1.54, 1.807) is 24.3 Å². The lowest BCUT2D eigenvalue weighted by atomic mass is 10.2. The Morgan fingerprint density at radius 1 is 1.40 bits per heavy atom. The quantitative estimate of drug-likeness (QED) is 0.582. The lowest BCUT2D eigenvalue weighted by molar-refractivity contribution is 0.0886. The second-order valence-electron chi connectivity index (χ2n) is 5.07. The van der Waals surface area contributed by atoms with E-state index in [0.29, 0.717) is 10.7 Å². The first-order valence-corrected chi connectivity index (χ1v) is 7.57. The van der Waals surface area contributed by atoms with Gasteiger partial charge >= 0.3 is 0 Å². The number of aromatic amines is 2.